The number of urea groups is 1. The van der Waals surface area contributed by atoms with Gasteiger partial charge in [-0.05, 0) is 37.0 Å². The van der Waals surface area contributed by atoms with E-state index >= 15 is 0 Å². The van der Waals surface area contributed by atoms with Crippen LogP contribution < -0.4 is 10.6 Å². The Hall–Kier alpha value is -2.04. The number of rotatable bonds is 7. The van der Waals surface area contributed by atoms with Crippen LogP contribution in [0.5, 0.6) is 0 Å². The SMILES string of the molecule is CCCCc1ccc(NC(=O)NC(CC)C(=O)O)cc1. The number of carbonyl (C=O) groups excluding carboxylic acids is 1. The monoisotopic (exact) mass is 278 g/mol. The Morgan fingerprint density at radius 1 is 1.20 bits per heavy atom. The molecule has 5 heteroatoms. The highest BCUT2D eigenvalue weighted by Gasteiger charge is 2.17. The molecule has 2 amide bonds. The lowest BCUT2D eigenvalue weighted by Gasteiger charge is -2.13. The van der Waals surface area contributed by atoms with E-state index in [0.717, 1.165) is 19.3 Å². The molecule has 0 aliphatic heterocycles. The first kappa shape index (κ1) is 16.0. The summed E-state index contributed by atoms with van der Waals surface area (Å²) < 4.78 is 0. The summed E-state index contributed by atoms with van der Waals surface area (Å²) in [5.74, 6) is -1.03. The lowest BCUT2D eigenvalue weighted by Crippen LogP contribution is -2.42. The molecule has 0 radical (unpaired) electrons. The van der Waals surface area contributed by atoms with Crippen molar-refractivity contribution in [2.24, 2.45) is 0 Å². The van der Waals surface area contributed by atoms with E-state index < -0.39 is 18.0 Å². The van der Waals surface area contributed by atoms with Crippen molar-refractivity contribution >= 4 is 17.7 Å². The third-order valence-electron chi connectivity index (χ3n) is 3.04. The van der Waals surface area contributed by atoms with Crippen LogP contribution in [0.2, 0.25) is 0 Å². The van der Waals surface area contributed by atoms with Gasteiger partial charge in [0.15, 0.2) is 0 Å². The molecule has 1 aromatic rings. The molecule has 1 aromatic carbocycles. The lowest BCUT2D eigenvalue weighted by molar-refractivity contribution is -0.139. The van der Waals surface area contributed by atoms with Crippen molar-refractivity contribution in [2.45, 2.75) is 45.6 Å². The summed E-state index contributed by atoms with van der Waals surface area (Å²) in [5, 5.41) is 13.9. The second-order valence-electron chi connectivity index (χ2n) is 4.70. The summed E-state index contributed by atoms with van der Waals surface area (Å²) in [4.78, 5) is 22.5. The van der Waals surface area contributed by atoms with E-state index in [2.05, 4.69) is 17.6 Å². The molecule has 1 rings (SSSR count). The van der Waals surface area contributed by atoms with E-state index in [1.807, 2.05) is 24.3 Å². The first-order chi connectivity index (χ1) is 9.56. The van der Waals surface area contributed by atoms with Crippen molar-refractivity contribution < 1.29 is 14.7 Å². The van der Waals surface area contributed by atoms with Crippen LogP contribution in [-0.4, -0.2) is 23.1 Å². The zero-order valence-electron chi connectivity index (χ0n) is 12.0. The summed E-state index contributed by atoms with van der Waals surface area (Å²) in [6.07, 6.45) is 3.67. The molecule has 1 unspecified atom stereocenters. The molecule has 0 heterocycles. The molecule has 5 nitrogen and oxygen atoms in total. The number of aliphatic carboxylic acids is 1. The Bertz CT molecular complexity index is 443. The minimum atomic E-state index is -1.03. The Kier molecular flexibility index (Phi) is 6.56. The standard InChI is InChI=1S/C15H22N2O3/c1-3-5-6-11-7-9-12(10-8-11)16-15(20)17-13(4-2)14(18)19/h7-10,13H,3-6H2,1-2H3,(H,18,19)(H2,16,17,20). The fraction of sp³-hybridized carbons (Fsp3) is 0.467. The average molecular weight is 278 g/mol. The van der Waals surface area contributed by atoms with Crippen molar-refractivity contribution in [2.75, 3.05) is 5.32 Å². The van der Waals surface area contributed by atoms with Gasteiger partial charge in [-0.15, -0.1) is 0 Å². The molecule has 20 heavy (non-hydrogen) atoms. The van der Waals surface area contributed by atoms with Crippen LogP contribution in [0.15, 0.2) is 24.3 Å². The van der Waals surface area contributed by atoms with Gasteiger partial charge in [0.1, 0.15) is 6.04 Å². The highest BCUT2D eigenvalue weighted by molar-refractivity contribution is 5.92. The van der Waals surface area contributed by atoms with Crippen LogP contribution in [0, 0.1) is 0 Å². The number of carbonyl (C=O) groups is 2. The van der Waals surface area contributed by atoms with Crippen LogP contribution in [0.1, 0.15) is 38.7 Å². The Labute approximate surface area is 119 Å². The zero-order valence-corrected chi connectivity index (χ0v) is 12.0. The van der Waals surface area contributed by atoms with Crippen molar-refractivity contribution in [3.8, 4) is 0 Å². The summed E-state index contributed by atoms with van der Waals surface area (Å²) in [6.45, 7) is 3.86. The lowest BCUT2D eigenvalue weighted by atomic mass is 10.1. The topological polar surface area (TPSA) is 78.4 Å². The minimum Gasteiger partial charge on any atom is -0.480 e. The van der Waals surface area contributed by atoms with Crippen molar-refractivity contribution in [3.63, 3.8) is 0 Å². The van der Waals surface area contributed by atoms with E-state index in [-0.39, 0.29) is 0 Å². The molecular formula is C15H22N2O3. The highest BCUT2D eigenvalue weighted by atomic mass is 16.4. The predicted molar refractivity (Wildman–Crippen MR) is 78.9 cm³/mol. The van der Waals surface area contributed by atoms with E-state index in [9.17, 15) is 9.59 Å². The van der Waals surface area contributed by atoms with E-state index in [0.29, 0.717) is 12.1 Å². The second-order valence-corrected chi connectivity index (χ2v) is 4.70. The molecule has 0 aliphatic carbocycles. The Morgan fingerprint density at radius 3 is 2.35 bits per heavy atom. The molecule has 0 aliphatic rings. The van der Waals surface area contributed by atoms with E-state index in [1.54, 1.807) is 6.92 Å². The zero-order chi connectivity index (χ0) is 15.0. The van der Waals surface area contributed by atoms with Gasteiger partial charge in [-0.1, -0.05) is 32.4 Å². The third kappa shape index (κ3) is 5.30. The van der Waals surface area contributed by atoms with E-state index in [1.165, 1.54) is 5.56 Å². The number of nitrogens with one attached hydrogen (secondary N) is 2. The quantitative estimate of drug-likeness (QED) is 0.717. The number of carboxylic acid groups (broad SMARTS) is 1. The van der Waals surface area contributed by atoms with Crippen LogP contribution in [0.3, 0.4) is 0 Å². The summed E-state index contributed by atoms with van der Waals surface area (Å²) in [7, 11) is 0. The van der Waals surface area contributed by atoms with Crippen LogP contribution in [-0.2, 0) is 11.2 Å². The molecule has 0 aromatic heterocycles. The molecular weight excluding hydrogens is 256 g/mol. The van der Waals surface area contributed by atoms with Crippen LogP contribution in [0.4, 0.5) is 10.5 Å². The molecule has 0 spiro atoms. The van der Waals surface area contributed by atoms with Gasteiger partial charge in [-0.3, -0.25) is 0 Å². The minimum absolute atomic E-state index is 0.346. The van der Waals surface area contributed by atoms with Crippen LogP contribution >= 0.6 is 0 Å². The van der Waals surface area contributed by atoms with Crippen molar-refractivity contribution in [1.82, 2.24) is 5.32 Å². The number of unbranched alkanes of at least 4 members (excludes halogenated alkanes) is 1. The van der Waals surface area contributed by atoms with E-state index in [4.69, 9.17) is 5.11 Å². The maximum absolute atomic E-state index is 11.7. The van der Waals surface area contributed by atoms with Gasteiger partial charge in [0.05, 0.1) is 0 Å². The largest absolute Gasteiger partial charge is 0.480 e. The molecule has 0 saturated heterocycles. The number of aryl methyl sites for hydroxylation is 1. The van der Waals surface area contributed by atoms with Crippen molar-refractivity contribution in [3.05, 3.63) is 29.8 Å². The summed E-state index contributed by atoms with van der Waals surface area (Å²) in [6, 6.07) is 6.23. The Balaban J connectivity index is 2.51. The van der Waals surface area contributed by atoms with Crippen LogP contribution in [0.25, 0.3) is 0 Å². The maximum atomic E-state index is 11.7. The number of amides is 2. The van der Waals surface area contributed by atoms with Gasteiger partial charge in [-0.2, -0.15) is 0 Å². The third-order valence-corrected chi connectivity index (χ3v) is 3.04. The van der Waals surface area contributed by atoms with Gasteiger partial charge < -0.3 is 15.7 Å². The van der Waals surface area contributed by atoms with Gasteiger partial charge in [0, 0.05) is 5.69 Å². The fourth-order valence-electron chi connectivity index (χ4n) is 1.80. The number of carboxylic acids is 1. The number of anilines is 1. The number of hydrogen-bond donors (Lipinski definition) is 3. The Morgan fingerprint density at radius 2 is 1.85 bits per heavy atom. The van der Waals surface area contributed by atoms with Gasteiger partial charge >= 0.3 is 12.0 Å². The average Bonchev–Trinajstić information content (AvgIpc) is 2.43. The predicted octanol–water partition coefficient (Wildman–Crippen LogP) is 3.01. The summed E-state index contributed by atoms with van der Waals surface area (Å²) >= 11 is 0. The number of benzene rings is 1. The molecule has 0 bridgehead atoms. The molecule has 1 atom stereocenters. The van der Waals surface area contributed by atoms with Gasteiger partial charge in [0.25, 0.3) is 0 Å². The molecule has 0 fully saturated rings. The van der Waals surface area contributed by atoms with Crippen molar-refractivity contribution in [1.29, 1.82) is 0 Å². The van der Waals surface area contributed by atoms with Gasteiger partial charge in [-0.25, -0.2) is 9.59 Å². The normalized spacial score (nSPS) is 11.7. The highest BCUT2D eigenvalue weighted by Crippen LogP contribution is 2.11. The second kappa shape index (κ2) is 8.19. The molecule has 0 saturated carbocycles. The first-order valence-electron chi connectivity index (χ1n) is 6.96. The number of hydrogen-bond acceptors (Lipinski definition) is 2. The summed E-state index contributed by atoms with van der Waals surface area (Å²) in [5.41, 5.74) is 1.89. The fourth-order valence-corrected chi connectivity index (χ4v) is 1.80. The maximum Gasteiger partial charge on any atom is 0.326 e. The molecule has 3 N–H and O–H groups in total. The van der Waals surface area contributed by atoms with Gasteiger partial charge in [0.2, 0.25) is 0 Å². The smallest absolute Gasteiger partial charge is 0.326 e. The first-order valence-corrected chi connectivity index (χ1v) is 6.96. The molecule has 110 valence electrons.